The van der Waals surface area contributed by atoms with Crippen LogP contribution in [0.25, 0.3) is 5.69 Å². The quantitative estimate of drug-likeness (QED) is 0.595. The van der Waals surface area contributed by atoms with Crippen LogP contribution >= 0.6 is 15.9 Å². The van der Waals surface area contributed by atoms with Gasteiger partial charge in [-0.05, 0) is 43.2 Å². The molecule has 28 heavy (non-hydrogen) atoms. The third-order valence-electron chi connectivity index (χ3n) is 5.11. The summed E-state index contributed by atoms with van der Waals surface area (Å²) < 4.78 is 2.65. The predicted molar refractivity (Wildman–Crippen MR) is 112 cm³/mol. The van der Waals surface area contributed by atoms with Gasteiger partial charge in [-0.3, -0.25) is 9.59 Å². The lowest BCUT2D eigenvalue weighted by Crippen LogP contribution is -2.28. The van der Waals surface area contributed by atoms with E-state index >= 15 is 0 Å². The van der Waals surface area contributed by atoms with Crippen molar-refractivity contribution in [2.75, 3.05) is 5.32 Å². The summed E-state index contributed by atoms with van der Waals surface area (Å²) in [4.78, 5) is 25.6. The molecule has 0 aliphatic carbocycles. The van der Waals surface area contributed by atoms with E-state index in [1.807, 2.05) is 31.2 Å². The fourth-order valence-electron chi connectivity index (χ4n) is 3.68. The van der Waals surface area contributed by atoms with E-state index in [9.17, 15) is 9.59 Å². The first-order valence-corrected chi connectivity index (χ1v) is 10.1. The number of Topliss-reactive ketones (excluding diaryl/α,β-unsaturated/α-hetero) is 1. The number of ketones is 1. The molecule has 1 amide bonds. The summed E-state index contributed by atoms with van der Waals surface area (Å²) in [5.74, 6) is -0.171. The zero-order valence-electron chi connectivity index (χ0n) is 15.7. The number of aryl methyl sites for hydroxylation is 2. The second-order valence-corrected chi connectivity index (χ2v) is 7.87. The van der Waals surface area contributed by atoms with Crippen molar-refractivity contribution < 1.29 is 9.59 Å². The van der Waals surface area contributed by atoms with Gasteiger partial charge in [-0.15, -0.1) is 0 Å². The van der Waals surface area contributed by atoms with Gasteiger partial charge in [0.05, 0.1) is 17.3 Å². The highest BCUT2D eigenvalue weighted by Crippen LogP contribution is 2.38. The van der Waals surface area contributed by atoms with Crippen molar-refractivity contribution in [3.05, 3.63) is 75.4 Å². The predicted octanol–water partition coefficient (Wildman–Crippen LogP) is 4.81. The molecule has 0 radical (unpaired) electrons. The summed E-state index contributed by atoms with van der Waals surface area (Å²) in [6.45, 7) is 3.98. The number of nitrogens with zero attached hydrogens (tertiary/aromatic N) is 2. The molecule has 2 heterocycles. The molecule has 1 aliphatic heterocycles. The van der Waals surface area contributed by atoms with Crippen LogP contribution < -0.4 is 5.32 Å². The zero-order chi connectivity index (χ0) is 19.8. The third-order valence-corrected chi connectivity index (χ3v) is 5.64. The maximum Gasteiger partial charge on any atom is 0.226 e. The number of hydrogen-bond donors (Lipinski definition) is 1. The molecule has 0 saturated carbocycles. The van der Waals surface area contributed by atoms with Crippen molar-refractivity contribution in [3.63, 3.8) is 0 Å². The second kappa shape index (κ2) is 7.36. The lowest BCUT2D eigenvalue weighted by Gasteiger charge is -2.23. The summed E-state index contributed by atoms with van der Waals surface area (Å²) >= 11 is 3.39. The second-order valence-electron chi connectivity index (χ2n) is 6.96. The van der Waals surface area contributed by atoms with Gasteiger partial charge in [-0.1, -0.05) is 47.1 Å². The number of aromatic nitrogens is 2. The van der Waals surface area contributed by atoms with Gasteiger partial charge in [0.1, 0.15) is 5.82 Å². The maximum absolute atomic E-state index is 13.2. The van der Waals surface area contributed by atoms with E-state index in [4.69, 9.17) is 0 Å². The van der Waals surface area contributed by atoms with Crippen LogP contribution in [-0.4, -0.2) is 21.5 Å². The van der Waals surface area contributed by atoms with Crippen molar-refractivity contribution in [3.8, 4) is 5.69 Å². The molecule has 1 aliphatic rings. The highest BCUT2D eigenvalue weighted by atomic mass is 79.9. The highest BCUT2D eigenvalue weighted by Gasteiger charge is 2.36. The summed E-state index contributed by atoms with van der Waals surface area (Å²) in [5.41, 5.74) is 4.21. The Morgan fingerprint density at radius 3 is 2.71 bits per heavy atom. The van der Waals surface area contributed by atoms with Crippen LogP contribution in [0.1, 0.15) is 46.4 Å². The van der Waals surface area contributed by atoms with E-state index < -0.39 is 5.92 Å². The first kappa shape index (κ1) is 18.6. The Bertz CT molecular complexity index is 1070. The first-order valence-electron chi connectivity index (χ1n) is 9.26. The average Bonchev–Trinajstić information content (AvgIpc) is 3.04. The molecule has 0 saturated heterocycles. The number of nitrogens with one attached hydrogen (secondary N) is 1. The number of rotatable bonds is 4. The Labute approximate surface area is 171 Å². The largest absolute Gasteiger partial charge is 0.310 e. The molecular formula is C22H20BrN3O2. The lowest BCUT2D eigenvalue weighted by molar-refractivity contribution is -0.116. The van der Waals surface area contributed by atoms with E-state index in [2.05, 4.69) is 45.4 Å². The average molecular weight is 438 g/mol. The van der Waals surface area contributed by atoms with Crippen LogP contribution in [0.5, 0.6) is 0 Å². The van der Waals surface area contributed by atoms with Crippen LogP contribution in [0.15, 0.2) is 53.0 Å². The van der Waals surface area contributed by atoms with E-state index in [1.165, 1.54) is 5.56 Å². The molecular weight excluding hydrogens is 418 g/mol. The maximum atomic E-state index is 13.2. The van der Waals surface area contributed by atoms with Crippen LogP contribution in [0, 0.1) is 6.92 Å². The molecule has 0 bridgehead atoms. The molecule has 1 N–H and O–H groups in total. The smallest absolute Gasteiger partial charge is 0.226 e. The minimum absolute atomic E-state index is 0.0615. The molecule has 1 aromatic heterocycles. The van der Waals surface area contributed by atoms with Gasteiger partial charge in [0.25, 0.3) is 0 Å². The van der Waals surface area contributed by atoms with Crippen molar-refractivity contribution >= 4 is 33.4 Å². The van der Waals surface area contributed by atoms with Gasteiger partial charge in [-0.2, -0.15) is 5.10 Å². The minimum atomic E-state index is -0.534. The van der Waals surface area contributed by atoms with Gasteiger partial charge < -0.3 is 5.32 Å². The van der Waals surface area contributed by atoms with E-state index in [0.29, 0.717) is 11.4 Å². The molecule has 0 spiro atoms. The Morgan fingerprint density at radius 1 is 1.25 bits per heavy atom. The Kier molecular flexibility index (Phi) is 4.89. The van der Waals surface area contributed by atoms with E-state index in [0.717, 1.165) is 27.8 Å². The van der Waals surface area contributed by atoms with Crippen molar-refractivity contribution in [2.24, 2.45) is 0 Å². The molecule has 0 fully saturated rings. The molecule has 1 atom stereocenters. The number of fused-ring (bicyclic) bond motifs is 1. The number of carbonyl (C=O) groups is 2. The molecule has 4 rings (SSSR count). The van der Waals surface area contributed by atoms with Gasteiger partial charge in [0, 0.05) is 22.0 Å². The molecule has 3 aromatic rings. The van der Waals surface area contributed by atoms with E-state index in [-0.39, 0.29) is 18.1 Å². The van der Waals surface area contributed by atoms with Gasteiger partial charge in [0.2, 0.25) is 5.91 Å². The Morgan fingerprint density at radius 2 is 2.00 bits per heavy atom. The first-order chi connectivity index (χ1) is 13.5. The lowest BCUT2D eigenvalue weighted by atomic mass is 9.85. The number of hydrogen-bond acceptors (Lipinski definition) is 3. The van der Waals surface area contributed by atoms with Crippen molar-refractivity contribution in [1.82, 2.24) is 9.78 Å². The summed E-state index contributed by atoms with van der Waals surface area (Å²) in [5, 5.41) is 7.59. The van der Waals surface area contributed by atoms with Gasteiger partial charge in [-0.25, -0.2) is 4.68 Å². The van der Waals surface area contributed by atoms with Crippen LogP contribution in [0.3, 0.4) is 0 Å². The molecule has 142 valence electrons. The van der Waals surface area contributed by atoms with E-state index in [1.54, 1.807) is 16.8 Å². The van der Waals surface area contributed by atoms with Crippen molar-refractivity contribution in [1.29, 1.82) is 0 Å². The topological polar surface area (TPSA) is 64.0 Å². The standard InChI is InChI=1S/C22H20BrN3O2/c1-3-14-5-4-6-17(11-14)26-22-20(13(2)25-26)18(12-19(27)24-22)21(28)15-7-9-16(23)10-8-15/h4-11,18H,3,12H2,1-2H3,(H,24,27)/t18-/m1/s1. The van der Waals surface area contributed by atoms with Crippen LogP contribution in [-0.2, 0) is 11.2 Å². The number of anilines is 1. The summed E-state index contributed by atoms with van der Waals surface area (Å²) in [6.07, 6.45) is 1.04. The Balaban J connectivity index is 1.81. The Hall–Kier alpha value is -2.73. The zero-order valence-corrected chi connectivity index (χ0v) is 17.3. The minimum Gasteiger partial charge on any atom is -0.310 e. The van der Waals surface area contributed by atoms with Crippen molar-refractivity contribution in [2.45, 2.75) is 32.6 Å². The molecule has 2 aromatic carbocycles. The van der Waals surface area contributed by atoms with Gasteiger partial charge >= 0.3 is 0 Å². The summed E-state index contributed by atoms with van der Waals surface area (Å²) in [7, 11) is 0. The SMILES string of the molecule is CCc1cccc(-n2nc(C)c3c2NC(=O)C[C@H]3C(=O)c2ccc(Br)cc2)c1. The fraction of sp³-hybridized carbons (Fsp3) is 0.227. The molecule has 0 unspecified atom stereocenters. The number of halogens is 1. The highest BCUT2D eigenvalue weighted by molar-refractivity contribution is 9.10. The van der Waals surface area contributed by atoms with Crippen LogP contribution in [0.4, 0.5) is 5.82 Å². The molecule has 6 heteroatoms. The number of amides is 1. The monoisotopic (exact) mass is 437 g/mol. The third kappa shape index (κ3) is 3.29. The van der Waals surface area contributed by atoms with Crippen LogP contribution in [0.2, 0.25) is 0 Å². The summed E-state index contributed by atoms with van der Waals surface area (Å²) in [6, 6.07) is 15.3. The fourth-order valence-corrected chi connectivity index (χ4v) is 3.95. The number of benzene rings is 2. The normalized spacial score (nSPS) is 15.8. The molecule has 5 nitrogen and oxygen atoms in total. The van der Waals surface area contributed by atoms with Gasteiger partial charge in [0.15, 0.2) is 5.78 Å². The number of carbonyl (C=O) groups excluding carboxylic acids is 2.